The SMILES string of the molecule is BCc1ccc2[nH]cc(C(=C)C(Nc3cc(C)cc(C)c3)c3nc4ccncc4s3)c2c1. The second-order valence-corrected chi connectivity index (χ2v) is 9.37. The average Bonchev–Trinajstić information content (AvgIpc) is 3.40. The van der Waals surface area contributed by atoms with E-state index in [0.717, 1.165) is 43.9 Å². The first kappa shape index (κ1) is 20.5. The molecule has 5 rings (SSSR count). The van der Waals surface area contributed by atoms with Crippen LogP contribution in [0, 0.1) is 13.8 Å². The maximum absolute atomic E-state index is 4.94. The van der Waals surface area contributed by atoms with E-state index in [-0.39, 0.29) is 6.04 Å². The van der Waals surface area contributed by atoms with Gasteiger partial charge in [-0.15, -0.1) is 11.3 Å². The van der Waals surface area contributed by atoms with E-state index in [4.69, 9.17) is 4.98 Å². The van der Waals surface area contributed by atoms with Crippen LogP contribution in [0.1, 0.15) is 33.3 Å². The van der Waals surface area contributed by atoms with Crippen LogP contribution in [-0.4, -0.2) is 22.8 Å². The highest BCUT2D eigenvalue weighted by atomic mass is 32.1. The second kappa shape index (κ2) is 8.28. The second-order valence-electron chi connectivity index (χ2n) is 8.31. The minimum absolute atomic E-state index is 0.155. The molecule has 1 atom stereocenters. The summed E-state index contributed by atoms with van der Waals surface area (Å²) in [6, 6.07) is 14.9. The molecule has 0 radical (unpaired) electrons. The number of aryl methyl sites for hydroxylation is 2. The summed E-state index contributed by atoms with van der Waals surface area (Å²) >= 11 is 1.66. The lowest BCUT2D eigenvalue weighted by Gasteiger charge is -2.21. The first-order valence-corrected chi connectivity index (χ1v) is 11.7. The van der Waals surface area contributed by atoms with E-state index >= 15 is 0 Å². The van der Waals surface area contributed by atoms with Gasteiger partial charge in [-0.25, -0.2) is 4.98 Å². The molecule has 2 aromatic carbocycles. The third-order valence-corrected chi connectivity index (χ3v) is 6.91. The lowest BCUT2D eigenvalue weighted by molar-refractivity contribution is 0.990. The van der Waals surface area contributed by atoms with Crippen LogP contribution in [0.25, 0.3) is 26.7 Å². The van der Waals surface area contributed by atoms with Crippen molar-refractivity contribution in [3.8, 4) is 0 Å². The Bertz CT molecular complexity index is 1400. The monoisotopic (exact) mass is 436 g/mol. The number of pyridine rings is 1. The molecule has 6 heteroatoms. The van der Waals surface area contributed by atoms with Crippen LogP contribution < -0.4 is 5.32 Å². The van der Waals surface area contributed by atoms with Crippen molar-refractivity contribution in [3.05, 3.63) is 94.9 Å². The standard InChI is InChI=1S/C26H25BN4S/c1-15-8-16(2)10-19(9-15)30-25(26-31-23-6-7-28-14-24(23)32-26)17(3)21-13-29-22-5-4-18(12-27)11-20(21)22/h4-11,13-14,25,29-30H,3,12,27H2,1-2H3. The van der Waals surface area contributed by atoms with Crippen LogP contribution in [0.3, 0.4) is 0 Å². The molecule has 158 valence electrons. The summed E-state index contributed by atoms with van der Waals surface area (Å²) in [5, 5.41) is 5.92. The maximum Gasteiger partial charge on any atom is 0.121 e. The predicted octanol–water partition coefficient (Wildman–Crippen LogP) is 5.79. The smallest absolute Gasteiger partial charge is 0.121 e. The molecular formula is C26H25BN4S. The first-order chi connectivity index (χ1) is 15.5. The minimum atomic E-state index is -0.155. The van der Waals surface area contributed by atoms with Crippen molar-refractivity contribution in [3.63, 3.8) is 0 Å². The molecule has 2 N–H and O–H groups in total. The molecule has 4 nitrogen and oxygen atoms in total. The zero-order chi connectivity index (χ0) is 22.2. The summed E-state index contributed by atoms with van der Waals surface area (Å²) in [4.78, 5) is 12.6. The molecule has 0 saturated carbocycles. The third kappa shape index (κ3) is 3.82. The Morgan fingerprint density at radius 2 is 1.97 bits per heavy atom. The van der Waals surface area contributed by atoms with Crippen LogP contribution in [0.5, 0.6) is 0 Å². The first-order valence-electron chi connectivity index (χ1n) is 10.9. The van der Waals surface area contributed by atoms with E-state index in [2.05, 4.69) is 86.2 Å². The van der Waals surface area contributed by atoms with Gasteiger partial charge in [-0.1, -0.05) is 30.6 Å². The molecule has 0 aliphatic carbocycles. The highest BCUT2D eigenvalue weighted by Crippen LogP contribution is 2.39. The molecule has 0 saturated heterocycles. The van der Waals surface area contributed by atoms with Gasteiger partial charge in [0.05, 0.1) is 10.2 Å². The molecule has 1 unspecified atom stereocenters. The van der Waals surface area contributed by atoms with Gasteiger partial charge in [-0.2, -0.15) is 0 Å². The predicted molar refractivity (Wildman–Crippen MR) is 139 cm³/mol. The molecule has 32 heavy (non-hydrogen) atoms. The van der Waals surface area contributed by atoms with Crippen molar-refractivity contribution >= 4 is 51.6 Å². The quantitative estimate of drug-likeness (QED) is 0.331. The number of nitrogens with one attached hydrogen (secondary N) is 2. The van der Waals surface area contributed by atoms with Crippen LogP contribution in [0.4, 0.5) is 5.69 Å². The van der Waals surface area contributed by atoms with Gasteiger partial charge in [-0.3, -0.25) is 4.98 Å². The topological polar surface area (TPSA) is 53.6 Å². The number of benzene rings is 2. The van der Waals surface area contributed by atoms with E-state index in [1.807, 2.05) is 12.3 Å². The highest BCUT2D eigenvalue weighted by Gasteiger charge is 2.23. The van der Waals surface area contributed by atoms with Gasteiger partial charge in [-0.05, 0) is 60.9 Å². The summed E-state index contributed by atoms with van der Waals surface area (Å²) in [6.45, 7) is 8.80. The molecule has 3 aromatic heterocycles. The van der Waals surface area contributed by atoms with Crippen LogP contribution in [0.15, 0.2) is 67.6 Å². The van der Waals surface area contributed by atoms with Crippen molar-refractivity contribution in [1.29, 1.82) is 0 Å². The Labute approximate surface area is 192 Å². The van der Waals surface area contributed by atoms with E-state index in [0.29, 0.717) is 0 Å². The lowest BCUT2D eigenvalue weighted by Crippen LogP contribution is -2.12. The lowest BCUT2D eigenvalue weighted by atomic mass is 9.93. The molecule has 0 aliphatic heterocycles. The Morgan fingerprint density at radius 1 is 1.16 bits per heavy atom. The molecule has 0 amide bonds. The number of thiazole rings is 1. The van der Waals surface area contributed by atoms with Crippen LogP contribution >= 0.6 is 11.3 Å². The number of aromatic amines is 1. The number of aromatic nitrogens is 3. The molecule has 0 fully saturated rings. The maximum atomic E-state index is 4.94. The normalized spacial score (nSPS) is 12.3. The number of H-pyrrole nitrogens is 1. The summed E-state index contributed by atoms with van der Waals surface area (Å²) in [5.74, 6) is 0. The third-order valence-electron chi connectivity index (χ3n) is 5.84. The number of hydrogen-bond donors (Lipinski definition) is 2. The largest absolute Gasteiger partial charge is 0.372 e. The Balaban J connectivity index is 1.62. The van der Waals surface area contributed by atoms with Crippen molar-refractivity contribution in [2.45, 2.75) is 26.2 Å². The van der Waals surface area contributed by atoms with Crippen LogP contribution in [0.2, 0.25) is 0 Å². The van der Waals surface area contributed by atoms with Gasteiger partial charge >= 0.3 is 0 Å². The van der Waals surface area contributed by atoms with E-state index < -0.39 is 0 Å². The van der Waals surface area contributed by atoms with Gasteiger partial charge in [0.2, 0.25) is 0 Å². The Hall–Kier alpha value is -3.38. The zero-order valence-corrected chi connectivity index (χ0v) is 19.4. The number of anilines is 1. The minimum Gasteiger partial charge on any atom is -0.372 e. The zero-order valence-electron chi connectivity index (χ0n) is 18.6. The Kier molecular flexibility index (Phi) is 5.31. The number of rotatable bonds is 6. The fraction of sp³-hybridized carbons (Fsp3) is 0.154. The van der Waals surface area contributed by atoms with Gasteiger partial charge in [0, 0.05) is 40.7 Å². The summed E-state index contributed by atoms with van der Waals surface area (Å²) in [6.07, 6.45) is 6.74. The van der Waals surface area contributed by atoms with Gasteiger partial charge < -0.3 is 10.3 Å². The Morgan fingerprint density at radius 3 is 2.72 bits per heavy atom. The molecule has 5 aromatic rings. The summed E-state index contributed by atoms with van der Waals surface area (Å²) in [7, 11) is 2.18. The molecule has 0 spiro atoms. The van der Waals surface area contributed by atoms with Crippen molar-refractivity contribution in [2.24, 2.45) is 0 Å². The fourth-order valence-electron chi connectivity index (χ4n) is 4.25. The summed E-state index contributed by atoms with van der Waals surface area (Å²) < 4.78 is 1.08. The van der Waals surface area contributed by atoms with Crippen molar-refractivity contribution in [1.82, 2.24) is 15.0 Å². The van der Waals surface area contributed by atoms with Crippen LogP contribution in [-0.2, 0) is 6.32 Å². The highest BCUT2D eigenvalue weighted by molar-refractivity contribution is 7.18. The number of hydrogen-bond acceptors (Lipinski definition) is 4. The molecule has 0 bridgehead atoms. The number of fused-ring (bicyclic) bond motifs is 2. The van der Waals surface area contributed by atoms with Gasteiger partial charge in [0.25, 0.3) is 0 Å². The average molecular weight is 436 g/mol. The van der Waals surface area contributed by atoms with E-state index in [9.17, 15) is 0 Å². The fourth-order valence-corrected chi connectivity index (χ4v) is 5.27. The summed E-state index contributed by atoms with van der Waals surface area (Å²) in [5.41, 5.74) is 9.04. The van der Waals surface area contributed by atoms with Gasteiger partial charge in [0.15, 0.2) is 0 Å². The number of nitrogens with zero attached hydrogens (tertiary/aromatic N) is 2. The van der Waals surface area contributed by atoms with E-state index in [1.54, 1.807) is 17.5 Å². The van der Waals surface area contributed by atoms with Crippen molar-refractivity contribution in [2.75, 3.05) is 5.32 Å². The molecular weight excluding hydrogens is 411 g/mol. The molecule has 3 heterocycles. The van der Waals surface area contributed by atoms with E-state index in [1.165, 1.54) is 22.1 Å². The van der Waals surface area contributed by atoms with Crippen molar-refractivity contribution < 1.29 is 0 Å². The molecule has 0 aliphatic rings. The van der Waals surface area contributed by atoms with Gasteiger partial charge in [0.1, 0.15) is 18.9 Å².